The lowest BCUT2D eigenvalue weighted by Gasteiger charge is -2.32. The maximum Gasteiger partial charge on any atom is 0.317 e. The molecule has 4 heteroatoms. The van der Waals surface area contributed by atoms with Crippen LogP contribution < -0.4 is 10.6 Å². The Morgan fingerprint density at radius 2 is 2.31 bits per heavy atom. The van der Waals surface area contributed by atoms with Gasteiger partial charge in [-0.1, -0.05) is 0 Å². The van der Waals surface area contributed by atoms with Crippen molar-refractivity contribution in [1.82, 2.24) is 15.5 Å². The number of rotatable bonds is 1. The summed E-state index contributed by atoms with van der Waals surface area (Å²) >= 11 is 0. The molecule has 0 aromatic carbocycles. The van der Waals surface area contributed by atoms with E-state index in [0.29, 0.717) is 6.04 Å². The van der Waals surface area contributed by atoms with Crippen molar-refractivity contribution in [3.63, 3.8) is 0 Å². The van der Waals surface area contributed by atoms with Crippen LogP contribution in [0, 0.1) is 0 Å². The van der Waals surface area contributed by atoms with E-state index >= 15 is 0 Å². The summed E-state index contributed by atoms with van der Waals surface area (Å²) in [5, 5.41) is 6.19. The minimum atomic E-state index is 0.0587. The van der Waals surface area contributed by atoms with E-state index in [0.717, 1.165) is 19.6 Å². The molecule has 0 aromatic heterocycles. The monoisotopic (exact) mass is 185 g/mol. The van der Waals surface area contributed by atoms with E-state index in [1.54, 1.807) is 0 Å². The second kappa shape index (κ2) is 4.46. The van der Waals surface area contributed by atoms with Crippen LogP contribution >= 0.6 is 0 Å². The number of urea groups is 1. The van der Waals surface area contributed by atoms with Gasteiger partial charge >= 0.3 is 6.03 Å². The summed E-state index contributed by atoms with van der Waals surface area (Å²) in [5.41, 5.74) is 0. The van der Waals surface area contributed by atoms with Crippen molar-refractivity contribution in [3.05, 3.63) is 0 Å². The molecule has 76 valence electrons. The molecule has 0 bridgehead atoms. The summed E-state index contributed by atoms with van der Waals surface area (Å²) in [6.07, 6.45) is 0. The van der Waals surface area contributed by atoms with Gasteiger partial charge in [0.1, 0.15) is 0 Å². The molecular formula is C9H19N3O. The number of piperazine rings is 1. The Balaban J connectivity index is 2.37. The lowest BCUT2D eigenvalue weighted by atomic mass is 10.2. The van der Waals surface area contributed by atoms with E-state index in [1.165, 1.54) is 0 Å². The first kappa shape index (κ1) is 10.3. The zero-order valence-corrected chi connectivity index (χ0v) is 8.63. The Bertz CT molecular complexity index is 182. The van der Waals surface area contributed by atoms with Gasteiger partial charge in [0.2, 0.25) is 0 Å². The van der Waals surface area contributed by atoms with Crippen LogP contribution in [0.5, 0.6) is 0 Å². The average molecular weight is 185 g/mol. The Hall–Kier alpha value is -0.770. The second-order valence-corrected chi connectivity index (χ2v) is 3.91. The molecule has 1 aliphatic rings. The van der Waals surface area contributed by atoms with E-state index in [9.17, 15) is 4.79 Å². The minimum absolute atomic E-state index is 0.0587. The van der Waals surface area contributed by atoms with Crippen LogP contribution in [0.3, 0.4) is 0 Å². The molecule has 0 aromatic rings. The number of carbonyl (C=O) groups excluding carboxylic acids is 1. The zero-order chi connectivity index (χ0) is 9.84. The summed E-state index contributed by atoms with van der Waals surface area (Å²) in [7, 11) is 0. The third-order valence-electron chi connectivity index (χ3n) is 2.07. The van der Waals surface area contributed by atoms with Gasteiger partial charge in [-0.25, -0.2) is 4.79 Å². The summed E-state index contributed by atoms with van der Waals surface area (Å²) in [4.78, 5) is 13.4. The van der Waals surface area contributed by atoms with Gasteiger partial charge in [0.15, 0.2) is 0 Å². The molecule has 1 heterocycles. The Morgan fingerprint density at radius 1 is 1.62 bits per heavy atom. The van der Waals surface area contributed by atoms with Gasteiger partial charge in [0, 0.05) is 31.7 Å². The quantitative estimate of drug-likeness (QED) is 0.621. The van der Waals surface area contributed by atoms with Gasteiger partial charge in [-0.3, -0.25) is 0 Å². The lowest BCUT2D eigenvalue weighted by molar-refractivity contribution is 0.177. The molecule has 1 atom stereocenters. The molecule has 0 radical (unpaired) electrons. The van der Waals surface area contributed by atoms with E-state index in [4.69, 9.17) is 0 Å². The Morgan fingerprint density at radius 3 is 2.85 bits per heavy atom. The molecule has 2 N–H and O–H groups in total. The predicted molar refractivity (Wildman–Crippen MR) is 52.7 cm³/mol. The van der Waals surface area contributed by atoms with Crippen LogP contribution in [0.4, 0.5) is 4.79 Å². The van der Waals surface area contributed by atoms with Crippen molar-refractivity contribution < 1.29 is 4.79 Å². The molecule has 1 saturated heterocycles. The van der Waals surface area contributed by atoms with Crippen molar-refractivity contribution in [3.8, 4) is 0 Å². The highest BCUT2D eigenvalue weighted by molar-refractivity contribution is 5.74. The van der Waals surface area contributed by atoms with Gasteiger partial charge in [-0.2, -0.15) is 0 Å². The molecule has 0 saturated carbocycles. The van der Waals surface area contributed by atoms with E-state index < -0.39 is 0 Å². The summed E-state index contributed by atoms with van der Waals surface area (Å²) in [5.74, 6) is 0. The van der Waals surface area contributed by atoms with Gasteiger partial charge in [0.25, 0.3) is 0 Å². The van der Waals surface area contributed by atoms with Crippen molar-refractivity contribution in [2.24, 2.45) is 0 Å². The number of amides is 2. The Kier molecular flexibility index (Phi) is 3.54. The van der Waals surface area contributed by atoms with Gasteiger partial charge in [0.05, 0.1) is 0 Å². The minimum Gasteiger partial charge on any atom is -0.336 e. The normalized spacial score (nSPS) is 23.4. The van der Waals surface area contributed by atoms with Gasteiger partial charge < -0.3 is 15.5 Å². The highest BCUT2D eigenvalue weighted by Gasteiger charge is 2.20. The summed E-state index contributed by atoms with van der Waals surface area (Å²) < 4.78 is 0. The number of hydrogen-bond acceptors (Lipinski definition) is 2. The largest absolute Gasteiger partial charge is 0.336 e. The van der Waals surface area contributed by atoms with E-state index in [2.05, 4.69) is 17.6 Å². The van der Waals surface area contributed by atoms with Crippen molar-refractivity contribution >= 4 is 6.03 Å². The maximum atomic E-state index is 11.5. The molecule has 1 unspecified atom stereocenters. The van der Waals surface area contributed by atoms with Crippen molar-refractivity contribution in [1.29, 1.82) is 0 Å². The topological polar surface area (TPSA) is 44.4 Å². The van der Waals surface area contributed by atoms with Gasteiger partial charge in [-0.05, 0) is 20.8 Å². The molecular weight excluding hydrogens is 166 g/mol. The molecule has 2 amide bonds. The summed E-state index contributed by atoms with van der Waals surface area (Å²) in [6.45, 7) is 8.55. The Labute approximate surface area is 79.7 Å². The second-order valence-electron chi connectivity index (χ2n) is 3.91. The van der Waals surface area contributed by atoms with Crippen LogP contribution in [-0.2, 0) is 0 Å². The molecule has 13 heavy (non-hydrogen) atoms. The van der Waals surface area contributed by atoms with Crippen LogP contribution in [0.15, 0.2) is 0 Å². The number of nitrogens with one attached hydrogen (secondary N) is 2. The SMILES string of the molecule is CC(C)NC(=O)N1CCNC(C)C1. The highest BCUT2D eigenvalue weighted by Crippen LogP contribution is 1.99. The molecule has 0 aliphatic carbocycles. The lowest BCUT2D eigenvalue weighted by Crippen LogP contribution is -2.54. The fourth-order valence-electron chi connectivity index (χ4n) is 1.46. The molecule has 1 aliphatic heterocycles. The molecule has 1 fully saturated rings. The first-order chi connectivity index (χ1) is 6.09. The van der Waals surface area contributed by atoms with Crippen LogP contribution in [0.2, 0.25) is 0 Å². The summed E-state index contributed by atoms with van der Waals surface area (Å²) in [6, 6.07) is 0.688. The highest BCUT2D eigenvalue weighted by atomic mass is 16.2. The number of hydrogen-bond donors (Lipinski definition) is 2. The fraction of sp³-hybridized carbons (Fsp3) is 0.889. The molecule has 1 rings (SSSR count). The van der Waals surface area contributed by atoms with Crippen molar-refractivity contribution in [2.75, 3.05) is 19.6 Å². The standard InChI is InChI=1S/C9H19N3O/c1-7(2)11-9(13)12-5-4-10-8(3)6-12/h7-8,10H,4-6H2,1-3H3,(H,11,13). The van der Waals surface area contributed by atoms with Crippen LogP contribution in [-0.4, -0.2) is 42.6 Å². The van der Waals surface area contributed by atoms with E-state index in [1.807, 2.05) is 18.7 Å². The number of carbonyl (C=O) groups is 1. The van der Waals surface area contributed by atoms with E-state index in [-0.39, 0.29) is 12.1 Å². The van der Waals surface area contributed by atoms with Crippen molar-refractivity contribution in [2.45, 2.75) is 32.9 Å². The van der Waals surface area contributed by atoms with Gasteiger partial charge in [-0.15, -0.1) is 0 Å². The smallest absolute Gasteiger partial charge is 0.317 e. The predicted octanol–water partition coefficient (Wildman–Crippen LogP) is 0.398. The third-order valence-corrected chi connectivity index (χ3v) is 2.07. The first-order valence-corrected chi connectivity index (χ1v) is 4.88. The van der Waals surface area contributed by atoms with Crippen LogP contribution in [0.1, 0.15) is 20.8 Å². The first-order valence-electron chi connectivity index (χ1n) is 4.88. The average Bonchev–Trinajstić information content (AvgIpc) is 2.03. The van der Waals surface area contributed by atoms with Crippen LogP contribution in [0.25, 0.3) is 0 Å². The molecule has 4 nitrogen and oxygen atoms in total. The zero-order valence-electron chi connectivity index (χ0n) is 8.63. The fourth-order valence-corrected chi connectivity index (χ4v) is 1.46. The number of nitrogens with zero attached hydrogens (tertiary/aromatic N) is 1. The maximum absolute atomic E-state index is 11.5. The third kappa shape index (κ3) is 3.22. The molecule has 0 spiro atoms.